The Morgan fingerprint density at radius 2 is 0.761 bits per heavy atom. The molecule has 0 bridgehead atoms. The van der Waals surface area contributed by atoms with Crippen LogP contribution < -0.4 is 5.32 Å². The number of benzene rings is 12. The molecule has 0 unspecified atom stereocenters. The van der Waals surface area contributed by atoms with Crippen molar-refractivity contribution in [1.82, 2.24) is 4.98 Å². The van der Waals surface area contributed by atoms with Crippen molar-refractivity contribution >= 4 is 104 Å². The highest BCUT2D eigenvalue weighted by molar-refractivity contribution is 6.27. The van der Waals surface area contributed by atoms with Gasteiger partial charge in [0.05, 0.1) is 11.2 Å². The maximum Gasteiger partial charge on any atom is 0.0790 e. The van der Waals surface area contributed by atoms with E-state index in [1.807, 2.05) is 0 Å². The van der Waals surface area contributed by atoms with Gasteiger partial charge in [-0.15, -0.1) is 0 Å². The van der Waals surface area contributed by atoms with Gasteiger partial charge in [0.25, 0.3) is 0 Å². The van der Waals surface area contributed by atoms with E-state index in [0.29, 0.717) is 0 Å². The largest absolute Gasteiger partial charge is 0.380 e. The Morgan fingerprint density at radius 1 is 0.343 bits per heavy atom. The number of nitrogens with zero attached hydrogens (tertiary/aromatic N) is 1. The maximum atomic E-state index is 5.34. The highest BCUT2D eigenvalue weighted by Crippen LogP contribution is 2.42. The molecule has 0 fully saturated rings. The lowest BCUT2D eigenvalue weighted by Crippen LogP contribution is -2.09. The quantitative estimate of drug-likeness (QED) is 0.179. The third-order valence-corrected chi connectivity index (χ3v) is 14.0. The molecule has 14 rings (SSSR count). The van der Waals surface area contributed by atoms with Gasteiger partial charge >= 0.3 is 0 Å². The number of hydrogen-bond acceptors (Lipinski definition) is 2. The first kappa shape index (κ1) is 38.8. The summed E-state index contributed by atoms with van der Waals surface area (Å²) in [4.78, 5) is 5.34. The molecule has 1 aliphatic rings. The molecule has 0 atom stereocenters. The van der Waals surface area contributed by atoms with E-state index in [1.54, 1.807) is 0 Å². The summed E-state index contributed by atoms with van der Waals surface area (Å²) < 4.78 is 0. The van der Waals surface area contributed by atoms with Gasteiger partial charge in [-0.1, -0.05) is 200 Å². The zero-order valence-corrected chi connectivity index (χ0v) is 37.1. The molecule has 1 aliphatic heterocycles. The fourth-order valence-electron chi connectivity index (χ4n) is 10.8. The SMILES string of the molecule is Cc1cc(-c2ccc(C3=Cc4ccccc4NC3)cc2)nc2c1cc(-c1ccc3c4ccccc4c4ccccc4c3c1)c1ccccc12.c1ccc2c(c1)c1ccccc1c1ccccc21. The van der Waals surface area contributed by atoms with Crippen molar-refractivity contribution in [3.63, 3.8) is 0 Å². The van der Waals surface area contributed by atoms with Crippen molar-refractivity contribution in [3.05, 3.63) is 241 Å². The van der Waals surface area contributed by atoms with E-state index in [1.165, 1.54) is 120 Å². The van der Waals surface area contributed by atoms with Crippen LogP contribution in [0.2, 0.25) is 0 Å². The second-order valence-corrected chi connectivity index (χ2v) is 17.9. The molecule has 0 saturated heterocycles. The van der Waals surface area contributed by atoms with Crippen LogP contribution in [0.3, 0.4) is 0 Å². The molecule has 314 valence electrons. The molecule has 2 heterocycles. The van der Waals surface area contributed by atoms with Gasteiger partial charge in [0, 0.05) is 28.6 Å². The Hall–Kier alpha value is -8.59. The number of aromatic nitrogens is 1. The van der Waals surface area contributed by atoms with E-state index in [0.717, 1.165) is 23.3 Å². The van der Waals surface area contributed by atoms with E-state index in [-0.39, 0.29) is 0 Å². The smallest absolute Gasteiger partial charge is 0.0790 e. The number of anilines is 1. The predicted octanol–water partition coefficient (Wildman–Crippen LogP) is 17.6. The van der Waals surface area contributed by atoms with Crippen molar-refractivity contribution in [2.45, 2.75) is 6.92 Å². The number of rotatable bonds is 3. The van der Waals surface area contributed by atoms with Crippen LogP contribution in [0.1, 0.15) is 16.7 Å². The number of aryl methyl sites for hydroxylation is 1. The predicted molar refractivity (Wildman–Crippen MR) is 289 cm³/mol. The minimum atomic E-state index is 0.821. The van der Waals surface area contributed by atoms with E-state index in [9.17, 15) is 0 Å². The van der Waals surface area contributed by atoms with Gasteiger partial charge in [-0.25, -0.2) is 4.98 Å². The summed E-state index contributed by atoms with van der Waals surface area (Å²) >= 11 is 0. The minimum absolute atomic E-state index is 0.821. The highest BCUT2D eigenvalue weighted by atomic mass is 14.9. The first-order chi connectivity index (χ1) is 33.1. The summed E-state index contributed by atoms with van der Waals surface area (Å²) in [6.45, 7) is 3.04. The Labute approximate surface area is 389 Å². The first-order valence-electron chi connectivity index (χ1n) is 23.2. The molecule has 12 aromatic carbocycles. The van der Waals surface area contributed by atoms with Crippen molar-refractivity contribution in [2.75, 3.05) is 11.9 Å². The van der Waals surface area contributed by atoms with Gasteiger partial charge in [0.1, 0.15) is 0 Å². The molecule has 2 nitrogen and oxygen atoms in total. The van der Waals surface area contributed by atoms with Crippen molar-refractivity contribution in [1.29, 1.82) is 0 Å². The van der Waals surface area contributed by atoms with Crippen molar-refractivity contribution in [2.24, 2.45) is 0 Å². The second-order valence-electron chi connectivity index (χ2n) is 17.9. The van der Waals surface area contributed by atoms with Gasteiger partial charge in [0.15, 0.2) is 0 Å². The molecule has 0 radical (unpaired) electrons. The average molecular weight is 853 g/mol. The van der Waals surface area contributed by atoms with Crippen LogP contribution in [0.4, 0.5) is 5.69 Å². The summed E-state index contributed by atoms with van der Waals surface area (Å²) in [7, 11) is 0. The number of pyridine rings is 1. The van der Waals surface area contributed by atoms with Crippen LogP contribution in [0, 0.1) is 6.92 Å². The fourth-order valence-corrected chi connectivity index (χ4v) is 10.8. The molecule has 0 aliphatic carbocycles. The average Bonchev–Trinajstić information content (AvgIpc) is 3.41. The number of hydrogen-bond donors (Lipinski definition) is 1. The normalized spacial score (nSPS) is 12.4. The second kappa shape index (κ2) is 15.8. The van der Waals surface area contributed by atoms with E-state index in [4.69, 9.17) is 4.98 Å². The molecule has 1 N–H and O–H groups in total. The summed E-state index contributed by atoms with van der Waals surface area (Å²) in [5, 5.41) is 22.9. The van der Waals surface area contributed by atoms with Crippen LogP contribution in [-0.4, -0.2) is 11.5 Å². The molecular weight excluding hydrogens is 809 g/mol. The Kier molecular flexibility index (Phi) is 9.18. The first-order valence-corrected chi connectivity index (χ1v) is 23.2. The molecule has 0 amide bonds. The standard InChI is InChI=1S/C47H32N2.C18H12/c1-29-24-46(31-20-18-30(19-21-31)34-25-33-10-2-9-17-45(33)48-28-34)49-47-41-16-8-7-15-39(41)43(27-42(29)47)32-22-23-40-37-13-4-3-11-35(37)36-12-5-6-14-38(36)44(40)26-32;1-2-8-14-13(7-1)15-9-3-4-11-17(15)18-12-6-5-10-16(14)18/h2-27,48H,28H2,1H3;1-12H. The zero-order chi connectivity index (χ0) is 44.4. The Bertz CT molecular complexity index is 3900. The molecule has 13 aromatic rings. The van der Waals surface area contributed by atoms with E-state index in [2.05, 4.69) is 243 Å². The van der Waals surface area contributed by atoms with E-state index >= 15 is 0 Å². The van der Waals surface area contributed by atoms with Crippen molar-refractivity contribution < 1.29 is 0 Å². The van der Waals surface area contributed by atoms with Crippen LogP contribution in [0.25, 0.3) is 120 Å². The molecule has 0 saturated carbocycles. The van der Waals surface area contributed by atoms with Gasteiger partial charge in [-0.3, -0.25) is 0 Å². The fraction of sp³-hybridized carbons (Fsp3) is 0.0308. The lowest BCUT2D eigenvalue weighted by atomic mass is 9.89. The van der Waals surface area contributed by atoms with Crippen molar-refractivity contribution in [3.8, 4) is 22.4 Å². The monoisotopic (exact) mass is 852 g/mol. The maximum absolute atomic E-state index is 5.34. The van der Waals surface area contributed by atoms with Crippen LogP contribution in [-0.2, 0) is 0 Å². The summed E-state index contributed by atoms with van der Waals surface area (Å²) in [6, 6.07) is 81.2. The third kappa shape index (κ3) is 6.52. The highest BCUT2D eigenvalue weighted by Gasteiger charge is 2.17. The van der Waals surface area contributed by atoms with Gasteiger partial charge in [-0.2, -0.15) is 0 Å². The summed E-state index contributed by atoms with van der Waals surface area (Å²) in [5.74, 6) is 0. The minimum Gasteiger partial charge on any atom is -0.380 e. The van der Waals surface area contributed by atoms with Crippen LogP contribution in [0.5, 0.6) is 0 Å². The lowest BCUT2D eigenvalue weighted by Gasteiger charge is -2.19. The van der Waals surface area contributed by atoms with Crippen LogP contribution >= 0.6 is 0 Å². The number of para-hydroxylation sites is 1. The van der Waals surface area contributed by atoms with E-state index < -0.39 is 0 Å². The molecular formula is C65H44N2. The topological polar surface area (TPSA) is 24.9 Å². The third-order valence-electron chi connectivity index (χ3n) is 14.0. The van der Waals surface area contributed by atoms with Gasteiger partial charge in [-0.05, 0) is 141 Å². The molecule has 0 spiro atoms. The zero-order valence-electron chi connectivity index (χ0n) is 37.1. The summed E-state index contributed by atoms with van der Waals surface area (Å²) in [6.07, 6.45) is 2.29. The molecule has 2 heteroatoms. The molecule has 1 aromatic heterocycles. The van der Waals surface area contributed by atoms with Crippen LogP contribution in [0.15, 0.2) is 224 Å². The number of nitrogens with one attached hydrogen (secondary N) is 1. The Morgan fingerprint density at radius 3 is 1.30 bits per heavy atom. The van der Waals surface area contributed by atoms with Gasteiger partial charge in [0.2, 0.25) is 0 Å². The summed E-state index contributed by atoms with van der Waals surface area (Å²) in [5.41, 5.74) is 11.8. The number of fused-ring (bicyclic) bond motifs is 16. The Balaban J connectivity index is 0.000000206. The van der Waals surface area contributed by atoms with Gasteiger partial charge < -0.3 is 5.32 Å². The molecule has 67 heavy (non-hydrogen) atoms. The lowest BCUT2D eigenvalue weighted by molar-refractivity contribution is 1.31.